The van der Waals surface area contributed by atoms with E-state index in [9.17, 15) is 18.8 Å². The van der Waals surface area contributed by atoms with E-state index in [0.29, 0.717) is 45.2 Å². The number of anilines is 2. The van der Waals surface area contributed by atoms with Gasteiger partial charge in [-0.05, 0) is 63.4 Å². The quantitative estimate of drug-likeness (QED) is 0.348. The molecule has 6 heterocycles. The van der Waals surface area contributed by atoms with Gasteiger partial charge in [0.15, 0.2) is 11.0 Å². The summed E-state index contributed by atoms with van der Waals surface area (Å²) in [4.78, 5) is 30.7. The first-order valence-electron chi connectivity index (χ1n) is 15.3. The summed E-state index contributed by atoms with van der Waals surface area (Å²) in [6.45, 7) is 8.12. The number of carbonyl (C=O) groups excluding carboxylic acids is 1. The topological polar surface area (TPSA) is 88.8 Å². The first-order valence-corrected chi connectivity index (χ1v) is 16.1. The van der Waals surface area contributed by atoms with Gasteiger partial charge in [-0.3, -0.25) is 9.69 Å². The Morgan fingerprint density at radius 2 is 1.98 bits per heavy atom. The highest BCUT2D eigenvalue weighted by molar-refractivity contribution is 7.17. The molecule has 7 rings (SSSR count). The summed E-state index contributed by atoms with van der Waals surface area (Å²) in [5, 5.41) is 10.2. The van der Waals surface area contributed by atoms with Gasteiger partial charge in [-0.25, -0.2) is 4.39 Å². The van der Waals surface area contributed by atoms with Crippen LogP contribution < -0.4 is 14.5 Å². The Kier molecular flexibility index (Phi) is 7.62. The summed E-state index contributed by atoms with van der Waals surface area (Å²) >= 11 is 1.14. The van der Waals surface area contributed by atoms with Gasteiger partial charge < -0.3 is 19.4 Å². The molecule has 1 aromatic carbocycles. The first-order chi connectivity index (χ1) is 21.3. The summed E-state index contributed by atoms with van der Waals surface area (Å²) in [6, 6.07) is 9.49. The number of fused-ring (bicyclic) bond motifs is 3. The van der Waals surface area contributed by atoms with Crippen molar-refractivity contribution in [3.8, 4) is 12.1 Å². The number of ether oxygens (including phenoxy) is 1. The number of nitrogens with zero attached hydrogens (tertiary/aromatic N) is 7. The molecule has 4 aliphatic heterocycles. The first kappa shape index (κ1) is 28.9. The Balaban J connectivity index is 1.22. The Hall–Kier alpha value is -3.82. The van der Waals surface area contributed by atoms with Crippen LogP contribution in [0.3, 0.4) is 0 Å². The van der Waals surface area contributed by atoms with Crippen LogP contribution >= 0.6 is 11.3 Å². The summed E-state index contributed by atoms with van der Waals surface area (Å²) in [6.07, 6.45) is 5.27. The molecule has 44 heavy (non-hydrogen) atoms. The lowest BCUT2D eigenvalue weighted by Gasteiger charge is -2.42. The van der Waals surface area contributed by atoms with Gasteiger partial charge in [0.05, 0.1) is 36.3 Å². The maximum atomic E-state index is 14.2. The van der Waals surface area contributed by atoms with Crippen molar-refractivity contribution in [2.45, 2.75) is 56.7 Å². The lowest BCUT2D eigenvalue weighted by Crippen LogP contribution is -2.55. The largest absolute Gasteiger partial charge is 0.461 e. The van der Waals surface area contributed by atoms with Crippen LogP contribution in [0.5, 0.6) is 6.01 Å². The van der Waals surface area contributed by atoms with Crippen molar-refractivity contribution in [2.24, 2.45) is 0 Å². The van der Waals surface area contributed by atoms with Gasteiger partial charge in [-0.1, -0.05) is 12.6 Å². The van der Waals surface area contributed by atoms with Crippen molar-refractivity contribution in [1.29, 1.82) is 5.26 Å². The third kappa shape index (κ3) is 5.16. The van der Waals surface area contributed by atoms with E-state index in [1.807, 2.05) is 18.2 Å². The molecule has 1 amide bonds. The third-order valence-corrected chi connectivity index (χ3v) is 10.6. The third-order valence-electron chi connectivity index (χ3n) is 9.76. The van der Waals surface area contributed by atoms with E-state index in [4.69, 9.17) is 14.7 Å². The van der Waals surface area contributed by atoms with Crippen molar-refractivity contribution in [3.05, 3.63) is 53.1 Å². The van der Waals surface area contributed by atoms with E-state index in [1.54, 1.807) is 6.07 Å². The molecule has 0 spiro atoms. The highest BCUT2D eigenvalue weighted by Gasteiger charge is 2.45. The number of amides is 1. The van der Waals surface area contributed by atoms with Crippen LogP contribution in [0.4, 0.5) is 20.3 Å². The fourth-order valence-electron chi connectivity index (χ4n) is 7.62. The average Bonchev–Trinajstić information content (AvgIpc) is 3.72. The average molecular weight is 620 g/mol. The second-order valence-corrected chi connectivity index (χ2v) is 13.3. The molecule has 3 saturated heterocycles. The number of rotatable bonds is 7. The molecule has 0 aliphatic carbocycles. The second-order valence-electron chi connectivity index (χ2n) is 12.2. The lowest BCUT2D eigenvalue weighted by atomic mass is 9.95. The monoisotopic (exact) mass is 619 g/mol. The molecule has 230 valence electrons. The van der Waals surface area contributed by atoms with Gasteiger partial charge in [0.2, 0.25) is 0 Å². The number of hydrogen-bond acceptors (Lipinski definition) is 9. The van der Waals surface area contributed by atoms with Crippen LogP contribution in [-0.2, 0) is 17.8 Å². The van der Waals surface area contributed by atoms with Crippen molar-refractivity contribution in [1.82, 2.24) is 19.8 Å². The molecule has 4 aliphatic rings. The molecule has 9 nitrogen and oxygen atoms in total. The zero-order valence-electron chi connectivity index (χ0n) is 24.6. The Morgan fingerprint density at radius 3 is 2.75 bits per heavy atom. The Morgan fingerprint density at radius 1 is 1.16 bits per heavy atom. The van der Waals surface area contributed by atoms with Crippen molar-refractivity contribution >= 4 is 38.8 Å². The standard InChI is InChI=1S/C32H35F2N7O2S/c1-21(33)30(42)41-16-15-39(18-22(41)7-11-35)29-23-8-14-38(26-5-2-6-27-24(26)17-28(34)44-27)19-25(23)36-31(37-29)43-20-32-9-3-12-40(32)13-4-10-32/h2,5-6,17,22H,1,3-4,7-10,12-16,18-20H2/t22-/m0/s1. The van der Waals surface area contributed by atoms with Crippen molar-refractivity contribution < 1.29 is 18.3 Å². The normalized spacial score (nSPS) is 21.3. The molecule has 2 aromatic heterocycles. The minimum Gasteiger partial charge on any atom is -0.461 e. The zero-order valence-corrected chi connectivity index (χ0v) is 25.4. The lowest BCUT2D eigenvalue weighted by molar-refractivity contribution is -0.131. The fraction of sp³-hybridized carbons (Fsp3) is 0.500. The van der Waals surface area contributed by atoms with Crippen LogP contribution in [0.2, 0.25) is 0 Å². The van der Waals surface area contributed by atoms with E-state index >= 15 is 0 Å². The van der Waals surface area contributed by atoms with Gasteiger partial charge in [-0.2, -0.15) is 19.6 Å². The molecule has 0 radical (unpaired) electrons. The van der Waals surface area contributed by atoms with Gasteiger partial charge >= 0.3 is 6.01 Å². The van der Waals surface area contributed by atoms with E-state index in [-0.39, 0.29) is 23.6 Å². The van der Waals surface area contributed by atoms with E-state index in [1.165, 1.54) is 4.90 Å². The van der Waals surface area contributed by atoms with Crippen LogP contribution in [0.15, 0.2) is 36.7 Å². The molecular formula is C32H35F2N7O2S. The number of carbonyl (C=O) groups is 1. The number of aromatic nitrogens is 2. The maximum absolute atomic E-state index is 14.2. The molecule has 3 fully saturated rings. The van der Waals surface area contributed by atoms with Gasteiger partial charge in [0, 0.05) is 47.5 Å². The highest BCUT2D eigenvalue weighted by atomic mass is 32.1. The number of nitriles is 1. The number of thiophene rings is 1. The molecule has 0 unspecified atom stereocenters. The van der Waals surface area contributed by atoms with Gasteiger partial charge in [-0.15, -0.1) is 11.3 Å². The predicted octanol–water partition coefficient (Wildman–Crippen LogP) is 4.81. The number of piperazine rings is 1. The van der Waals surface area contributed by atoms with Crippen LogP contribution in [0, 0.1) is 16.5 Å². The maximum Gasteiger partial charge on any atom is 0.318 e. The summed E-state index contributed by atoms with van der Waals surface area (Å²) in [5.74, 6) is -1.06. The van der Waals surface area contributed by atoms with E-state index in [0.717, 1.165) is 83.0 Å². The molecule has 0 bridgehead atoms. The van der Waals surface area contributed by atoms with Crippen LogP contribution in [0.1, 0.15) is 43.4 Å². The zero-order chi connectivity index (χ0) is 30.4. The molecule has 3 aromatic rings. The molecule has 0 saturated carbocycles. The van der Waals surface area contributed by atoms with Crippen molar-refractivity contribution in [2.75, 3.05) is 55.7 Å². The summed E-state index contributed by atoms with van der Waals surface area (Å²) in [5.41, 5.74) is 2.85. The molecule has 12 heteroatoms. The number of benzene rings is 1. The van der Waals surface area contributed by atoms with E-state index < -0.39 is 17.8 Å². The van der Waals surface area contributed by atoms with Crippen molar-refractivity contribution in [3.63, 3.8) is 0 Å². The van der Waals surface area contributed by atoms with Gasteiger partial charge in [0.1, 0.15) is 12.4 Å². The molecule has 0 N–H and O–H groups in total. The SMILES string of the molecule is C=C(F)C(=O)N1CCN(c2nc(OCC34CCCN3CCC4)nc3c2CCN(c2cccc4sc(F)cc24)C3)C[C@@H]1CC#N. The molecular weight excluding hydrogens is 584 g/mol. The Bertz CT molecular complexity index is 1650. The van der Waals surface area contributed by atoms with Crippen LogP contribution in [0.25, 0.3) is 10.1 Å². The number of halogens is 2. The second kappa shape index (κ2) is 11.6. The fourth-order valence-corrected chi connectivity index (χ4v) is 8.43. The van der Waals surface area contributed by atoms with Crippen LogP contribution in [-0.4, -0.2) is 83.1 Å². The highest BCUT2D eigenvalue weighted by Crippen LogP contribution is 2.40. The Labute approximate surface area is 259 Å². The minimum atomic E-state index is -1.02. The summed E-state index contributed by atoms with van der Waals surface area (Å²) in [7, 11) is 0. The summed E-state index contributed by atoms with van der Waals surface area (Å²) < 4.78 is 35.4. The van der Waals surface area contributed by atoms with Gasteiger partial charge in [0.25, 0.3) is 5.91 Å². The molecule has 1 atom stereocenters. The predicted molar refractivity (Wildman–Crippen MR) is 165 cm³/mol. The smallest absolute Gasteiger partial charge is 0.318 e. The van der Waals surface area contributed by atoms with E-state index in [2.05, 4.69) is 27.3 Å². The minimum absolute atomic E-state index is 0.0305. The number of hydrogen-bond donors (Lipinski definition) is 0.